The fourth-order valence-electron chi connectivity index (χ4n) is 3.37. The lowest BCUT2D eigenvalue weighted by molar-refractivity contribution is -0.152. The number of rotatable bonds is 5. The Balaban J connectivity index is 1.96. The molecule has 0 bridgehead atoms. The molecule has 0 aliphatic carbocycles. The smallest absolute Gasteiger partial charge is 0.308 e. The SMILES string of the molecule is COc1cccc(CN2C(=O)CC[C@@H](C(=O)O)[C@H]2c2cnn(C)c2)c1. The highest BCUT2D eigenvalue weighted by Gasteiger charge is 2.41. The minimum atomic E-state index is -0.892. The maximum absolute atomic E-state index is 12.6. The van der Waals surface area contributed by atoms with Gasteiger partial charge in [0.25, 0.3) is 0 Å². The summed E-state index contributed by atoms with van der Waals surface area (Å²) >= 11 is 0. The molecule has 1 aromatic carbocycles. The normalized spacial score (nSPS) is 20.6. The summed E-state index contributed by atoms with van der Waals surface area (Å²) in [7, 11) is 3.36. The fraction of sp³-hybridized carbons (Fsp3) is 0.389. The van der Waals surface area contributed by atoms with Crippen LogP contribution in [0.3, 0.4) is 0 Å². The number of piperidine rings is 1. The van der Waals surface area contributed by atoms with E-state index in [-0.39, 0.29) is 12.3 Å². The number of nitrogens with zero attached hydrogens (tertiary/aromatic N) is 3. The van der Waals surface area contributed by atoms with Crippen LogP contribution in [0.15, 0.2) is 36.7 Å². The van der Waals surface area contributed by atoms with E-state index in [0.717, 1.165) is 11.1 Å². The van der Waals surface area contributed by atoms with Gasteiger partial charge >= 0.3 is 5.97 Å². The summed E-state index contributed by atoms with van der Waals surface area (Å²) in [6.45, 7) is 0.333. The summed E-state index contributed by atoms with van der Waals surface area (Å²) in [5, 5.41) is 13.8. The first-order chi connectivity index (χ1) is 12.0. The molecule has 1 saturated heterocycles. The monoisotopic (exact) mass is 343 g/mol. The van der Waals surface area contributed by atoms with Gasteiger partial charge in [0.2, 0.25) is 5.91 Å². The molecule has 2 atom stereocenters. The van der Waals surface area contributed by atoms with E-state index in [1.807, 2.05) is 24.3 Å². The number of hydrogen-bond donors (Lipinski definition) is 1. The van der Waals surface area contributed by atoms with Crippen LogP contribution in [-0.2, 0) is 23.2 Å². The van der Waals surface area contributed by atoms with Crippen molar-refractivity contribution in [3.8, 4) is 5.75 Å². The number of carbonyl (C=O) groups excluding carboxylic acids is 1. The number of benzene rings is 1. The van der Waals surface area contributed by atoms with Gasteiger partial charge in [0.15, 0.2) is 0 Å². The van der Waals surface area contributed by atoms with Gasteiger partial charge in [-0.3, -0.25) is 14.3 Å². The first-order valence-electron chi connectivity index (χ1n) is 8.13. The second kappa shape index (κ2) is 6.96. The molecular formula is C18H21N3O4. The van der Waals surface area contributed by atoms with Crippen molar-refractivity contribution in [2.45, 2.75) is 25.4 Å². The van der Waals surface area contributed by atoms with Crippen molar-refractivity contribution in [2.24, 2.45) is 13.0 Å². The molecule has 1 N–H and O–H groups in total. The van der Waals surface area contributed by atoms with E-state index in [4.69, 9.17) is 4.74 Å². The van der Waals surface area contributed by atoms with E-state index < -0.39 is 17.9 Å². The average molecular weight is 343 g/mol. The van der Waals surface area contributed by atoms with E-state index in [1.165, 1.54) is 0 Å². The standard InChI is InChI=1S/C18H21N3O4/c1-20-11-13(9-19-20)17-15(18(23)24)6-7-16(22)21(17)10-12-4-3-5-14(8-12)25-2/h3-5,8-9,11,15,17H,6-7,10H2,1-2H3,(H,23,24)/t15-,17-/m1/s1. The van der Waals surface area contributed by atoms with Crippen LogP contribution in [-0.4, -0.2) is 38.8 Å². The van der Waals surface area contributed by atoms with E-state index >= 15 is 0 Å². The summed E-state index contributed by atoms with van der Waals surface area (Å²) in [5.41, 5.74) is 1.64. The lowest BCUT2D eigenvalue weighted by Crippen LogP contribution is -2.44. The van der Waals surface area contributed by atoms with Crippen LogP contribution in [0.4, 0.5) is 0 Å². The fourth-order valence-corrected chi connectivity index (χ4v) is 3.37. The number of likely N-dealkylation sites (tertiary alicyclic amines) is 1. The van der Waals surface area contributed by atoms with Crippen molar-refractivity contribution < 1.29 is 19.4 Å². The molecule has 2 aromatic rings. The van der Waals surface area contributed by atoms with Crippen LogP contribution >= 0.6 is 0 Å². The Hall–Kier alpha value is -2.83. The van der Waals surface area contributed by atoms with Crippen LogP contribution in [0.1, 0.15) is 30.0 Å². The molecular weight excluding hydrogens is 322 g/mol. The van der Waals surface area contributed by atoms with Crippen LogP contribution in [0, 0.1) is 5.92 Å². The molecule has 3 rings (SSSR count). The molecule has 25 heavy (non-hydrogen) atoms. The first-order valence-corrected chi connectivity index (χ1v) is 8.13. The number of ether oxygens (including phenoxy) is 1. The molecule has 7 heteroatoms. The van der Waals surface area contributed by atoms with Crippen molar-refractivity contribution >= 4 is 11.9 Å². The topological polar surface area (TPSA) is 84.7 Å². The Morgan fingerprint density at radius 2 is 2.24 bits per heavy atom. The number of aliphatic carboxylic acids is 1. The summed E-state index contributed by atoms with van der Waals surface area (Å²) in [6.07, 6.45) is 3.98. The second-order valence-corrected chi connectivity index (χ2v) is 6.25. The first kappa shape index (κ1) is 17.0. The van der Waals surface area contributed by atoms with E-state index in [0.29, 0.717) is 18.7 Å². The number of amides is 1. The zero-order valence-corrected chi connectivity index (χ0v) is 14.3. The van der Waals surface area contributed by atoms with E-state index in [9.17, 15) is 14.7 Å². The second-order valence-electron chi connectivity index (χ2n) is 6.25. The third kappa shape index (κ3) is 3.50. The highest BCUT2D eigenvalue weighted by molar-refractivity contribution is 5.81. The van der Waals surface area contributed by atoms with Gasteiger partial charge in [-0.15, -0.1) is 0 Å². The van der Waals surface area contributed by atoms with Crippen LogP contribution in [0.25, 0.3) is 0 Å². The maximum atomic E-state index is 12.6. The molecule has 1 fully saturated rings. The van der Waals surface area contributed by atoms with Crippen molar-refractivity contribution in [3.05, 3.63) is 47.8 Å². The van der Waals surface area contributed by atoms with Gasteiger partial charge in [-0.2, -0.15) is 5.10 Å². The van der Waals surface area contributed by atoms with Gasteiger partial charge in [-0.25, -0.2) is 0 Å². The lowest BCUT2D eigenvalue weighted by atomic mass is 9.85. The molecule has 0 saturated carbocycles. The molecule has 7 nitrogen and oxygen atoms in total. The minimum absolute atomic E-state index is 0.0471. The predicted octanol–water partition coefficient (Wildman–Crippen LogP) is 1.99. The summed E-state index contributed by atoms with van der Waals surface area (Å²) in [6, 6.07) is 6.92. The zero-order valence-electron chi connectivity index (χ0n) is 14.3. The van der Waals surface area contributed by atoms with Gasteiger partial charge in [0.1, 0.15) is 5.75 Å². The third-order valence-corrected chi connectivity index (χ3v) is 4.58. The van der Waals surface area contributed by atoms with Gasteiger partial charge in [-0.05, 0) is 24.1 Å². The number of methoxy groups -OCH3 is 1. The Morgan fingerprint density at radius 3 is 2.88 bits per heavy atom. The number of aromatic nitrogens is 2. The molecule has 2 heterocycles. The van der Waals surface area contributed by atoms with Gasteiger partial charge in [-0.1, -0.05) is 12.1 Å². The number of carboxylic acids is 1. The Bertz CT molecular complexity index is 786. The van der Waals surface area contributed by atoms with Crippen LogP contribution in [0.2, 0.25) is 0 Å². The van der Waals surface area contributed by atoms with Crippen LogP contribution in [0.5, 0.6) is 5.75 Å². The predicted molar refractivity (Wildman–Crippen MR) is 89.9 cm³/mol. The average Bonchev–Trinajstić information content (AvgIpc) is 3.02. The van der Waals surface area contributed by atoms with Crippen molar-refractivity contribution in [1.82, 2.24) is 14.7 Å². The molecule has 1 aliphatic rings. The Morgan fingerprint density at radius 1 is 1.44 bits per heavy atom. The molecule has 0 spiro atoms. The lowest BCUT2D eigenvalue weighted by Gasteiger charge is -2.39. The third-order valence-electron chi connectivity index (χ3n) is 4.58. The number of hydrogen-bond acceptors (Lipinski definition) is 4. The summed E-state index contributed by atoms with van der Waals surface area (Å²) in [5.74, 6) is -0.881. The minimum Gasteiger partial charge on any atom is -0.497 e. The van der Waals surface area contributed by atoms with Gasteiger partial charge in [0, 0.05) is 31.8 Å². The largest absolute Gasteiger partial charge is 0.497 e. The Labute approximate surface area is 145 Å². The summed E-state index contributed by atoms with van der Waals surface area (Å²) < 4.78 is 6.86. The highest BCUT2D eigenvalue weighted by Crippen LogP contribution is 2.38. The quantitative estimate of drug-likeness (QED) is 0.897. The molecule has 1 aromatic heterocycles. The maximum Gasteiger partial charge on any atom is 0.308 e. The van der Waals surface area contributed by atoms with Gasteiger partial charge < -0.3 is 14.7 Å². The van der Waals surface area contributed by atoms with Crippen molar-refractivity contribution in [3.63, 3.8) is 0 Å². The van der Waals surface area contributed by atoms with E-state index in [1.54, 1.807) is 36.1 Å². The number of carbonyl (C=O) groups is 2. The molecule has 132 valence electrons. The van der Waals surface area contributed by atoms with Crippen molar-refractivity contribution in [2.75, 3.05) is 7.11 Å². The summed E-state index contributed by atoms with van der Waals surface area (Å²) in [4.78, 5) is 26.0. The zero-order chi connectivity index (χ0) is 18.0. The molecule has 0 radical (unpaired) electrons. The van der Waals surface area contributed by atoms with Gasteiger partial charge in [0.05, 0.1) is 25.3 Å². The van der Waals surface area contributed by atoms with Crippen LogP contribution < -0.4 is 4.74 Å². The molecule has 0 unspecified atom stereocenters. The number of aryl methyl sites for hydroxylation is 1. The number of carboxylic acid groups (broad SMARTS) is 1. The highest BCUT2D eigenvalue weighted by atomic mass is 16.5. The van der Waals surface area contributed by atoms with E-state index in [2.05, 4.69) is 5.10 Å². The van der Waals surface area contributed by atoms with Crippen molar-refractivity contribution in [1.29, 1.82) is 0 Å². The Kier molecular flexibility index (Phi) is 4.74. The molecule has 1 amide bonds. The molecule has 1 aliphatic heterocycles.